The van der Waals surface area contributed by atoms with Crippen LogP contribution in [-0.4, -0.2) is 30.5 Å². The molecule has 0 spiro atoms. The van der Waals surface area contributed by atoms with E-state index in [2.05, 4.69) is 24.0 Å². The van der Waals surface area contributed by atoms with Crippen molar-refractivity contribution in [3.63, 3.8) is 0 Å². The maximum absolute atomic E-state index is 5.93. The molecule has 1 aliphatic carbocycles. The maximum Gasteiger partial charge on any atom is 0.137 e. The van der Waals surface area contributed by atoms with Crippen molar-refractivity contribution in [3.05, 3.63) is 29.8 Å². The fraction of sp³-hybridized carbons (Fsp3) is 0.562. The Morgan fingerprint density at radius 2 is 2.32 bits per heavy atom. The number of rotatable bonds is 4. The molecule has 0 saturated carbocycles. The van der Waals surface area contributed by atoms with E-state index in [4.69, 9.17) is 4.42 Å². The molecule has 0 N–H and O–H groups in total. The van der Waals surface area contributed by atoms with E-state index < -0.39 is 0 Å². The second kappa shape index (κ2) is 5.33. The number of pyridine rings is 1. The van der Waals surface area contributed by atoms with Crippen molar-refractivity contribution in [1.29, 1.82) is 0 Å². The molecule has 0 aliphatic heterocycles. The van der Waals surface area contributed by atoms with Gasteiger partial charge in [0.1, 0.15) is 11.3 Å². The molecule has 0 radical (unpaired) electrons. The SMILES string of the molecule is CN(C)CCCC1CCc2oc3ccncc3c2C1. The predicted octanol–water partition coefficient (Wildman–Crippen LogP) is 3.27. The Bertz CT molecular complexity index is 559. The van der Waals surface area contributed by atoms with E-state index in [-0.39, 0.29) is 0 Å². The number of furan rings is 1. The second-order valence-corrected chi connectivity index (χ2v) is 5.93. The Labute approximate surface area is 114 Å². The van der Waals surface area contributed by atoms with Gasteiger partial charge in [0, 0.05) is 29.8 Å². The summed E-state index contributed by atoms with van der Waals surface area (Å²) in [5.74, 6) is 2.01. The zero-order valence-electron chi connectivity index (χ0n) is 11.9. The summed E-state index contributed by atoms with van der Waals surface area (Å²) in [6, 6.07) is 1.98. The predicted molar refractivity (Wildman–Crippen MR) is 77.3 cm³/mol. The van der Waals surface area contributed by atoms with Gasteiger partial charge in [-0.1, -0.05) is 0 Å². The van der Waals surface area contributed by atoms with Crippen molar-refractivity contribution in [1.82, 2.24) is 9.88 Å². The topological polar surface area (TPSA) is 29.3 Å². The van der Waals surface area contributed by atoms with Crippen LogP contribution >= 0.6 is 0 Å². The van der Waals surface area contributed by atoms with Crippen LogP contribution in [0.2, 0.25) is 0 Å². The van der Waals surface area contributed by atoms with Crippen molar-refractivity contribution < 1.29 is 4.42 Å². The van der Waals surface area contributed by atoms with Crippen LogP contribution in [0.4, 0.5) is 0 Å². The third kappa shape index (κ3) is 2.66. The van der Waals surface area contributed by atoms with Crippen LogP contribution in [0.1, 0.15) is 30.6 Å². The van der Waals surface area contributed by atoms with Gasteiger partial charge in [-0.05, 0) is 58.3 Å². The lowest BCUT2D eigenvalue weighted by Crippen LogP contribution is -2.17. The molecule has 1 atom stereocenters. The van der Waals surface area contributed by atoms with Crippen LogP contribution in [0.5, 0.6) is 0 Å². The lowest BCUT2D eigenvalue weighted by molar-refractivity contribution is 0.340. The molecule has 3 rings (SSSR count). The van der Waals surface area contributed by atoms with Crippen LogP contribution in [0.3, 0.4) is 0 Å². The van der Waals surface area contributed by atoms with Crippen molar-refractivity contribution in [3.8, 4) is 0 Å². The van der Waals surface area contributed by atoms with Gasteiger partial charge in [0.15, 0.2) is 0 Å². The number of fused-ring (bicyclic) bond motifs is 3. The molecule has 102 valence electrons. The van der Waals surface area contributed by atoms with Gasteiger partial charge in [0.2, 0.25) is 0 Å². The molecular weight excluding hydrogens is 236 g/mol. The minimum atomic E-state index is 0.813. The van der Waals surface area contributed by atoms with Crippen molar-refractivity contribution in [2.24, 2.45) is 5.92 Å². The molecule has 1 unspecified atom stereocenters. The van der Waals surface area contributed by atoms with Crippen LogP contribution in [-0.2, 0) is 12.8 Å². The molecule has 3 heteroatoms. The highest BCUT2D eigenvalue weighted by Gasteiger charge is 2.23. The summed E-state index contributed by atoms with van der Waals surface area (Å²) in [4.78, 5) is 6.51. The molecule has 0 amide bonds. The van der Waals surface area contributed by atoms with Gasteiger partial charge in [-0.15, -0.1) is 0 Å². The largest absolute Gasteiger partial charge is 0.461 e. The highest BCUT2D eigenvalue weighted by molar-refractivity contribution is 5.81. The van der Waals surface area contributed by atoms with Crippen LogP contribution in [0.15, 0.2) is 22.9 Å². The quantitative estimate of drug-likeness (QED) is 0.843. The Hall–Kier alpha value is -1.35. The van der Waals surface area contributed by atoms with E-state index in [1.807, 2.05) is 18.5 Å². The number of aryl methyl sites for hydroxylation is 1. The zero-order valence-corrected chi connectivity index (χ0v) is 11.9. The van der Waals surface area contributed by atoms with E-state index in [0.717, 1.165) is 17.9 Å². The van der Waals surface area contributed by atoms with E-state index in [0.29, 0.717) is 0 Å². The Morgan fingerprint density at radius 3 is 3.16 bits per heavy atom. The molecule has 2 aromatic rings. The highest BCUT2D eigenvalue weighted by Crippen LogP contribution is 2.35. The summed E-state index contributed by atoms with van der Waals surface area (Å²) >= 11 is 0. The number of nitrogens with zero attached hydrogens (tertiary/aromatic N) is 2. The summed E-state index contributed by atoms with van der Waals surface area (Å²) < 4.78 is 5.93. The minimum Gasteiger partial charge on any atom is -0.461 e. The van der Waals surface area contributed by atoms with Crippen molar-refractivity contribution in [2.75, 3.05) is 20.6 Å². The normalized spacial score (nSPS) is 19.0. The van der Waals surface area contributed by atoms with Crippen molar-refractivity contribution >= 4 is 11.0 Å². The summed E-state index contributed by atoms with van der Waals surface area (Å²) in [6.45, 7) is 1.19. The first kappa shape index (κ1) is 12.7. The lowest BCUT2D eigenvalue weighted by Gasteiger charge is -2.22. The molecule has 1 aliphatic rings. The summed E-state index contributed by atoms with van der Waals surface area (Å²) in [6.07, 6.45) is 9.92. The van der Waals surface area contributed by atoms with Gasteiger partial charge in [-0.3, -0.25) is 4.98 Å². The van der Waals surface area contributed by atoms with E-state index in [9.17, 15) is 0 Å². The average Bonchev–Trinajstić information content (AvgIpc) is 2.76. The minimum absolute atomic E-state index is 0.813. The van der Waals surface area contributed by atoms with E-state index in [1.165, 1.54) is 48.9 Å². The first-order valence-electron chi connectivity index (χ1n) is 7.23. The highest BCUT2D eigenvalue weighted by atomic mass is 16.3. The van der Waals surface area contributed by atoms with E-state index >= 15 is 0 Å². The van der Waals surface area contributed by atoms with Gasteiger partial charge in [0.05, 0.1) is 0 Å². The zero-order chi connectivity index (χ0) is 13.2. The Morgan fingerprint density at radius 1 is 1.42 bits per heavy atom. The Balaban J connectivity index is 1.72. The first-order valence-corrected chi connectivity index (χ1v) is 7.23. The summed E-state index contributed by atoms with van der Waals surface area (Å²) in [5.41, 5.74) is 2.43. The second-order valence-electron chi connectivity index (χ2n) is 5.93. The number of aromatic nitrogens is 1. The van der Waals surface area contributed by atoms with Gasteiger partial charge >= 0.3 is 0 Å². The lowest BCUT2D eigenvalue weighted by atomic mass is 9.84. The maximum atomic E-state index is 5.93. The number of hydrogen-bond acceptors (Lipinski definition) is 3. The third-order valence-electron chi connectivity index (χ3n) is 4.17. The fourth-order valence-electron chi connectivity index (χ4n) is 3.14. The molecule has 2 aromatic heterocycles. The molecular formula is C16H22N2O. The fourth-order valence-corrected chi connectivity index (χ4v) is 3.14. The molecule has 2 heterocycles. The third-order valence-corrected chi connectivity index (χ3v) is 4.17. The molecule has 0 fully saturated rings. The molecule has 19 heavy (non-hydrogen) atoms. The van der Waals surface area contributed by atoms with Gasteiger partial charge in [-0.2, -0.15) is 0 Å². The molecule has 0 saturated heterocycles. The van der Waals surface area contributed by atoms with Crippen LogP contribution < -0.4 is 0 Å². The smallest absolute Gasteiger partial charge is 0.137 e. The van der Waals surface area contributed by atoms with Crippen LogP contribution in [0, 0.1) is 5.92 Å². The first-order chi connectivity index (χ1) is 9.24. The Kier molecular flexibility index (Phi) is 3.56. The van der Waals surface area contributed by atoms with Gasteiger partial charge in [-0.25, -0.2) is 0 Å². The summed E-state index contributed by atoms with van der Waals surface area (Å²) in [7, 11) is 4.29. The number of hydrogen-bond donors (Lipinski definition) is 0. The average molecular weight is 258 g/mol. The monoisotopic (exact) mass is 258 g/mol. The van der Waals surface area contributed by atoms with E-state index in [1.54, 1.807) is 0 Å². The summed E-state index contributed by atoms with van der Waals surface area (Å²) in [5, 5.41) is 1.23. The van der Waals surface area contributed by atoms with Gasteiger partial charge < -0.3 is 9.32 Å². The molecule has 0 bridgehead atoms. The molecule has 0 aromatic carbocycles. The van der Waals surface area contributed by atoms with Crippen molar-refractivity contribution in [2.45, 2.75) is 32.1 Å². The van der Waals surface area contributed by atoms with Gasteiger partial charge in [0.25, 0.3) is 0 Å². The molecule has 3 nitrogen and oxygen atoms in total. The van der Waals surface area contributed by atoms with Crippen LogP contribution in [0.25, 0.3) is 11.0 Å². The standard InChI is InChI=1S/C16H22N2O/c1-18(2)9-3-4-12-5-6-15-13(10-12)14-11-17-8-7-16(14)19-15/h7-8,11-12H,3-6,9-10H2,1-2H3.